The molecule has 3 aromatic rings. The van der Waals surface area contributed by atoms with E-state index in [9.17, 15) is 18.0 Å². The van der Waals surface area contributed by atoms with Gasteiger partial charge in [-0.25, -0.2) is 0 Å². The topological polar surface area (TPSA) is 55.4 Å². The number of furan rings is 2. The average Bonchev–Trinajstić information content (AvgIpc) is 3.28. The molecule has 0 spiro atoms. The van der Waals surface area contributed by atoms with E-state index in [1.54, 1.807) is 24.3 Å². The van der Waals surface area contributed by atoms with Crippen LogP contribution in [-0.2, 0) is 6.18 Å². The first-order valence-corrected chi connectivity index (χ1v) is 7.48. The van der Waals surface area contributed by atoms with Crippen molar-refractivity contribution in [2.75, 3.05) is 6.54 Å². The normalized spacial score (nSPS) is 11.7. The Kier molecular flexibility index (Phi) is 4.65. The Labute approximate surface area is 141 Å². The first kappa shape index (κ1) is 16.9. The van der Waals surface area contributed by atoms with E-state index < -0.39 is 29.1 Å². The predicted molar refractivity (Wildman–Crippen MR) is 83.0 cm³/mol. The zero-order valence-corrected chi connectivity index (χ0v) is 12.9. The fourth-order valence-electron chi connectivity index (χ4n) is 2.54. The van der Waals surface area contributed by atoms with E-state index in [-0.39, 0.29) is 6.54 Å². The van der Waals surface area contributed by atoms with Crippen LogP contribution in [0, 0.1) is 0 Å². The molecule has 2 heterocycles. The monoisotopic (exact) mass is 349 g/mol. The van der Waals surface area contributed by atoms with E-state index >= 15 is 0 Å². The van der Waals surface area contributed by atoms with Gasteiger partial charge in [0.2, 0.25) is 0 Å². The largest absolute Gasteiger partial charge is 0.469 e. The predicted octanol–water partition coefficient (Wildman–Crippen LogP) is 4.45. The Hall–Kier alpha value is -2.96. The van der Waals surface area contributed by atoms with Crippen molar-refractivity contribution in [2.24, 2.45) is 0 Å². The van der Waals surface area contributed by atoms with E-state index in [0.29, 0.717) is 11.5 Å². The van der Waals surface area contributed by atoms with Crippen LogP contribution in [0.4, 0.5) is 13.2 Å². The van der Waals surface area contributed by atoms with Gasteiger partial charge in [-0.15, -0.1) is 0 Å². The second-order valence-corrected chi connectivity index (χ2v) is 5.34. The maximum absolute atomic E-state index is 13.0. The molecule has 130 valence electrons. The van der Waals surface area contributed by atoms with Crippen LogP contribution in [0.15, 0.2) is 69.9 Å². The number of nitrogens with one attached hydrogen (secondary N) is 1. The highest BCUT2D eigenvalue weighted by atomic mass is 19.4. The second-order valence-electron chi connectivity index (χ2n) is 5.34. The van der Waals surface area contributed by atoms with Gasteiger partial charge < -0.3 is 14.2 Å². The summed E-state index contributed by atoms with van der Waals surface area (Å²) in [5, 5.41) is 2.53. The Morgan fingerprint density at radius 1 is 0.960 bits per heavy atom. The van der Waals surface area contributed by atoms with Gasteiger partial charge in [0.1, 0.15) is 11.5 Å². The van der Waals surface area contributed by atoms with Crippen molar-refractivity contribution in [1.82, 2.24) is 5.32 Å². The molecule has 0 fully saturated rings. The summed E-state index contributed by atoms with van der Waals surface area (Å²) in [5.74, 6) is -0.165. The van der Waals surface area contributed by atoms with Gasteiger partial charge in [0.05, 0.1) is 29.6 Å². The van der Waals surface area contributed by atoms with Crippen LogP contribution in [0.1, 0.15) is 33.4 Å². The minimum absolute atomic E-state index is 0.0338. The lowest BCUT2D eigenvalue weighted by atomic mass is 10.0. The van der Waals surface area contributed by atoms with Crippen LogP contribution < -0.4 is 5.32 Å². The molecule has 1 N–H and O–H groups in total. The van der Waals surface area contributed by atoms with Crippen molar-refractivity contribution in [3.63, 3.8) is 0 Å². The number of amides is 1. The van der Waals surface area contributed by atoms with Gasteiger partial charge in [-0.1, -0.05) is 12.1 Å². The van der Waals surface area contributed by atoms with Crippen LogP contribution in [0.25, 0.3) is 0 Å². The van der Waals surface area contributed by atoms with E-state index in [4.69, 9.17) is 8.83 Å². The first-order valence-electron chi connectivity index (χ1n) is 7.48. The lowest BCUT2D eigenvalue weighted by Gasteiger charge is -2.15. The molecule has 25 heavy (non-hydrogen) atoms. The number of alkyl halides is 3. The zero-order valence-electron chi connectivity index (χ0n) is 12.9. The van der Waals surface area contributed by atoms with E-state index in [2.05, 4.69) is 5.32 Å². The molecule has 1 amide bonds. The fraction of sp³-hybridized carbons (Fsp3) is 0.167. The van der Waals surface area contributed by atoms with Crippen molar-refractivity contribution >= 4 is 5.91 Å². The van der Waals surface area contributed by atoms with E-state index in [1.165, 1.54) is 24.7 Å². The Morgan fingerprint density at radius 2 is 1.56 bits per heavy atom. The minimum atomic E-state index is -4.60. The number of rotatable bonds is 5. The van der Waals surface area contributed by atoms with E-state index in [1.807, 2.05) is 0 Å². The third kappa shape index (κ3) is 3.76. The zero-order chi connectivity index (χ0) is 17.9. The van der Waals surface area contributed by atoms with E-state index in [0.717, 1.165) is 12.1 Å². The lowest BCUT2D eigenvalue weighted by molar-refractivity contribution is -0.137. The smallest absolute Gasteiger partial charge is 0.417 e. The molecule has 1 aromatic carbocycles. The van der Waals surface area contributed by atoms with Gasteiger partial charge in [0.15, 0.2) is 0 Å². The maximum Gasteiger partial charge on any atom is 0.417 e. The third-order valence-electron chi connectivity index (χ3n) is 3.72. The molecule has 2 aromatic heterocycles. The highest BCUT2D eigenvalue weighted by molar-refractivity contribution is 5.95. The molecule has 0 bridgehead atoms. The lowest BCUT2D eigenvalue weighted by Crippen LogP contribution is -2.30. The van der Waals surface area contributed by atoms with Gasteiger partial charge in [-0.2, -0.15) is 13.2 Å². The fourth-order valence-corrected chi connectivity index (χ4v) is 2.54. The summed E-state index contributed by atoms with van der Waals surface area (Å²) >= 11 is 0. The molecular weight excluding hydrogens is 335 g/mol. The number of carbonyl (C=O) groups excluding carboxylic acids is 1. The number of halogens is 3. The van der Waals surface area contributed by atoms with Crippen molar-refractivity contribution < 1.29 is 26.8 Å². The summed E-state index contributed by atoms with van der Waals surface area (Å²) in [4.78, 5) is 12.3. The maximum atomic E-state index is 13.0. The molecule has 0 aliphatic carbocycles. The molecule has 4 nitrogen and oxygen atoms in total. The SMILES string of the molecule is O=C(NCC(c1ccco1)c1ccco1)c1ccccc1C(F)(F)F. The summed E-state index contributed by atoms with van der Waals surface area (Å²) in [6.45, 7) is 0.0338. The van der Waals surface area contributed by atoms with Crippen molar-refractivity contribution in [1.29, 1.82) is 0 Å². The Morgan fingerprint density at radius 3 is 2.08 bits per heavy atom. The molecule has 0 aliphatic heterocycles. The van der Waals surface area contributed by atoms with Gasteiger partial charge in [0, 0.05) is 6.54 Å². The average molecular weight is 349 g/mol. The molecule has 0 unspecified atom stereocenters. The molecule has 0 atom stereocenters. The summed E-state index contributed by atoms with van der Waals surface area (Å²) in [5.41, 5.74) is -1.40. The number of benzene rings is 1. The first-order chi connectivity index (χ1) is 12.0. The second kappa shape index (κ2) is 6.88. The molecule has 0 aliphatic rings. The molecular formula is C18H14F3NO3. The summed E-state index contributed by atoms with van der Waals surface area (Å²) in [7, 11) is 0. The van der Waals surface area contributed by atoms with Gasteiger partial charge in [-0.3, -0.25) is 4.79 Å². The van der Waals surface area contributed by atoms with Gasteiger partial charge in [0.25, 0.3) is 5.91 Å². The van der Waals surface area contributed by atoms with Crippen molar-refractivity contribution in [2.45, 2.75) is 12.1 Å². The third-order valence-corrected chi connectivity index (χ3v) is 3.72. The van der Waals surface area contributed by atoms with Crippen LogP contribution in [0.2, 0.25) is 0 Å². The Bertz CT molecular complexity index is 789. The highest BCUT2D eigenvalue weighted by Crippen LogP contribution is 2.32. The molecule has 0 radical (unpaired) electrons. The van der Waals surface area contributed by atoms with Crippen LogP contribution >= 0.6 is 0 Å². The number of carbonyl (C=O) groups is 1. The van der Waals surface area contributed by atoms with Crippen molar-refractivity contribution in [3.05, 3.63) is 83.7 Å². The molecule has 7 heteroatoms. The standard InChI is InChI=1S/C18H14F3NO3/c19-18(20,21)14-6-2-1-5-12(14)17(23)22-11-13(15-7-3-9-24-15)16-8-4-10-25-16/h1-10,13H,11H2,(H,22,23). The summed E-state index contributed by atoms with van der Waals surface area (Å²) < 4.78 is 49.8. The quantitative estimate of drug-likeness (QED) is 0.740. The summed E-state index contributed by atoms with van der Waals surface area (Å²) in [6.07, 6.45) is -1.65. The number of hydrogen-bond acceptors (Lipinski definition) is 3. The molecule has 0 saturated heterocycles. The Balaban J connectivity index is 1.80. The number of hydrogen-bond donors (Lipinski definition) is 1. The minimum Gasteiger partial charge on any atom is -0.469 e. The van der Waals surface area contributed by atoms with Crippen molar-refractivity contribution in [3.8, 4) is 0 Å². The van der Waals surface area contributed by atoms with Crippen LogP contribution in [-0.4, -0.2) is 12.5 Å². The summed E-state index contributed by atoms with van der Waals surface area (Å²) in [6, 6.07) is 11.5. The van der Waals surface area contributed by atoms with Gasteiger partial charge >= 0.3 is 6.18 Å². The van der Waals surface area contributed by atoms with Crippen LogP contribution in [0.3, 0.4) is 0 Å². The highest BCUT2D eigenvalue weighted by Gasteiger charge is 2.35. The molecule has 3 rings (SSSR count). The van der Waals surface area contributed by atoms with Gasteiger partial charge in [-0.05, 0) is 36.4 Å². The molecule has 0 saturated carbocycles. The van der Waals surface area contributed by atoms with Crippen LogP contribution in [0.5, 0.6) is 0 Å².